The molecule has 2 aliphatic rings. The van der Waals surface area contributed by atoms with Crippen LogP contribution in [0.15, 0.2) is 12.3 Å². The molecule has 1 aliphatic heterocycles. The fraction of sp³-hybridized carbons (Fsp3) is 0.652. The molecule has 0 radical (unpaired) electrons. The summed E-state index contributed by atoms with van der Waals surface area (Å²) in [7, 11) is 4.45. The van der Waals surface area contributed by atoms with Crippen molar-refractivity contribution in [2.24, 2.45) is 17.1 Å². The number of esters is 1. The number of amides is 1. The van der Waals surface area contributed by atoms with Crippen LogP contribution in [0, 0.1) is 11.3 Å². The second-order valence-electron chi connectivity index (χ2n) is 10.0. The minimum atomic E-state index is -3.31. The normalized spacial score (nSPS) is 24.8. The lowest BCUT2D eigenvalue weighted by molar-refractivity contribution is -0.172. The van der Waals surface area contributed by atoms with Crippen LogP contribution < -0.4 is 16.0 Å². The number of nitrogens with zero attached hydrogens (tertiary/aromatic N) is 4. The van der Waals surface area contributed by atoms with Gasteiger partial charge in [-0.1, -0.05) is 0 Å². The SMILES string of the molecule is COC(=O)[C@@]1(Cc2nn3cc([C@@H](N)C4CCC(F)(F)CC4)nc3cc2N(C)C)CC(F)(F)CNC1=O. The number of anilines is 1. The van der Waals surface area contributed by atoms with Crippen LogP contribution in [0.2, 0.25) is 0 Å². The smallest absolute Gasteiger partial charge is 0.322 e. The van der Waals surface area contributed by atoms with Crippen molar-refractivity contribution in [3.63, 3.8) is 0 Å². The van der Waals surface area contributed by atoms with E-state index in [4.69, 9.17) is 10.5 Å². The molecule has 9 nitrogen and oxygen atoms in total. The number of piperidine rings is 1. The average Bonchev–Trinajstić information content (AvgIpc) is 3.22. The van der Waals surface area contributed by atoms with Gasteiger partial charge >= 0.3 is 5.97 Å². The Morgan fingerprint density at radius 2 is 1.94 bits per heavy atom. The van der Waals surface area contributed by atoms with Crippen LogP contribution in [0.25, 0.3) is 5.65 Å². The first-order chi connectivity index (χ1) is 16.8. The Bertz CT molecular complexity index is 1150. The number of nitrogens with one attached hydrogen (secondary N) is 1. The number of rotatable bonds is 6. The number of nitrogens with two attached hydrogens (primary N) is 1. The van der Waals surface area contributed by atoms with E-state index < -0.39 is 54.6 Å². The number of aromatic nitrogens is 3. The van der Waals surface area contributed by atoms with Gasteiger partial charge < -0.3 is 20.7 Å². The molecule has 3 N–H and O–H groups in total. The van der Waals surface area contributed by atoms with Crippen LogP contribution in [0.1, 0.15) is 49.5 Å². The van der Waals surface area contributed by atoms with E-state index in [2.05, 4.69) is 15.4 Å². The summed E-state index contributed by atoms with van der Waals surface area (Å²) in [6, 6.07) is 1.07. The van der Waals surface area contributed by atoms with Gasteiger partial charge in [-0.05, 0) is 18.8 Å². The van der Waals surface area contributed by atoms with E-state index in [1.165, 1.54) is 4.52 Å². The summed E-state index contributed by atoms with van der Waals surface area (Å²) < 4.78 is 62.1. The average molecular weight is 515 g/mol. The molecule has 13 heteroatoms. The zero-order valence-electron chi connectivity index (χ0n) is 20.4. The molecule has 36 heavy (non-hydrogen) atoms. The fourth-order valence-electron chi connectivity index (χ4n) is 5.13. The number of hydrogen-bond donors (Lipinski definition) is 2. The molecule has 1 amide bonds. The van der Waals surface area contributed by atoms with E-state index >= 15 is 0 Å². The largest absolute Gasteiger partial charge is 0.468 e. The molecule has 2 fully saturated rings. The van der Waals surface area contributed by atoms with Gasteiger partial charge in [0.05, 0.1) is 43.0 Å². The number of ether oxygens (including phenoxy) is 1. The molecule has 0 bridgehead atoms. The summed E-state index contributed by atoms with van der Waals surface area (Å²) in [5.74, 6) is -8.08. The van der Waals surface area contributed by atoms with Gasteiger partial charge in [0.25, 0.3) is 5.92 Å². The van der Waals surface area contributed by atoms with E-state index in [0.717, 1.165) is 7.11 Å². The Morgan fingerprint density at radius 1 is 1.28 bits per heavy atom. The predicted molar refractivity (Wildman–Crippen MR) is 122 cm³/mol. The van der Waals surface area contributed by atoms with Crippen molar-refractivity contribution in [2.45, 2.75) is 56.4 Å². The molecule has 0 aromatic carbocycles. The summed E-state index contributed by atoms with van der Waals surface area (Å²) in [6.45, 7) is -0.868. The number of methoxy groups -OCH3 is 1. The number of carbonyl (C=O) groups is 2. The quantitative estimate of drug-likeness (QED) is 0.346. The number of hydrogen-bond acceptors (Lipinski definition) is 7. The molecule has 1 aliphatic carbocycles. The van der Waals surface area contributed by atoms with Crippen molar-refractivity contribution in [1.29, 1.82) is 0 Å². The first-order valence-corrected chi connectivity index (χ1v) is 11.7. The molecule has 2 aromatic heterocycles. The molecule has 2 aromatic rings. The second-order valence-corrected chi connectivity index (χ2v) is 10.0. The summed E-state index contributed by atoms with van der Waals surface area (Å²) in [5, 5.41) is 6.64. The van der Waals surface area contributed by atoms with Crippen molar-refractivity contribution >= 4 is 23.2 Å². The maximum Gasteiger partial charge on any atom is 0.322 e. The summed E-state index contributed by atoms with van der Waals surface area (Å²) in [5.41, 5.74) is 5.75. The van der Waals surface area contributed by atoms with Crippen molar-refractivity contribution in [1.82, 2.24) is 19.9 Å². The zero-order chi connectivity index (χ0) is 26.5. The van der Waals surface area contributed by atoms with Crippen molar-refractivity contribution in [2.75, 3.05) is 32.6 Å². The number of fused-ring (bicyclic) bond motifs is 1. The molecule has 1 saturated heterocycles. The third-order valence-electron chi connectivity index (χ3n) is 7.16. The van der Waals surface area contributed by atoms with Gasteiger partial charge in [-0.3, -0.25) is 9.59 Å². The highest BCUT2D eigenvalue weighted by Crippen LogP contribution is 2.42. The Morgan fingerprint density at radius 3 is 2.56 bits per heavy atom. The highest BCUT2D eigenvalue weighted by molar-refractivity contribution is 6.03. The molecule has 1 saturated carbocycles. The first-order valence-electron chi connectivity index (χ1n) is 11.7. The van der Waals surface area contributed by atoms with Gasteiger partial charge in [-0.15, -0.1) is 0 Å². The van der Waals surface area contributed by atoms with Crippen LogP contribution in [-0.2, 0) is 20.7 Å². The van der Waals surface area contributed by atoms with Gasteiger partial charge in [-0.2, -0.15) is 5.10 Å². The molecule has 3 heterocycles. The topological polar surface area (TPSA) is 115 Å². The van der Waals surface area contributed by atoms with E-state index in [1.807, 2.05) is 0 Å². The molecule has 198 valence electrons. The van der Waals surface area contributed by atoms with Gasteiger partial charge in [-0.25, -0.2) is 27.1 Å². The number of halogens is 4. The van der Waals surface area contributed by atoms with Crippen molar-refractivity contribution in [3.8, 4) is 0 Å². The maximum atomic E-state index is 14.4. The summed E-state index contributed by atoms with van der Waals surface area (Å²) in [6.07, 6.45) is 0.209. The molecule has 4 rings (SSSR count). The summed E-state index contributed by atoms with van der Waals surface area (Å²) >= 11 is 0. The van der Waals surface area contributed by atoms with E-state index in [1.54, 1.807) is 31.3 Å². The predicted octanol–water partition coefficient (Wildman–Crippen LogP) is 2.48. The third kappa shape index (κ3) is 4.84. The lowest BCUT2D eigenvalue weighted by Gasteiger charge is -2.37. The highest BCUT2D eigenvalue weighted by Gasteiger charge is 2.57. The Kier molecular flexibility index (Phi) is 6.65. The fourth-order valence-corrected chi connectivity index (χ4v) is 5.13. The molecular weight excluding hydrogens is 484 g/mol. The van der Waals surface area contributed by atoms with Crippen LogP contribution >= 0.6 is 0 Å². The Balaban J connectivity index is 1.71. The van der Waals surface area contributed by atoms with Crippen LogP contribution in [0.3, 0.4) is 0 Å². The maximum absolute atomic E-state index is 14.4. The van der Waals surface area contributed by atoms with Crippen LogP contribution in [-0.4, -0.2) is 66.1 Å². The minimum Gasteiger partial charge on any atom is -0.468 e. The number of imidazole rings is 1. The van der Waals surface area contributed by atoms with Gasteiger partial charge in [0.15, 0.2) is 11.1 Å². The van der Waals surface area contributed by atoms with E-state index in [-0.39, 0.29) is 37.3 Å². The third-order valence-corrected chi connectivity index (χ3v) is 7.16. The Hall–Kier alpha value is -2.96. The van der Waals surface area contributed by atoms with E-state index in [9.17, 15) is 27.2 Å². The number of carbonyl (C=O) groups excluding carboxylic acids is 2. The molecular formula is C23H30F4N6O3. The van der Waals surface area contributed by atoms with Crippen LogP contribution in [0.5, 0.6) is 0 Å². The first kappa shape index (κ1) is 26.1. The van der Waals surface area contributed by atoms with Gasteiger partial charge in [0.1, 0.15) is 0 Å². The second kappa shape index (κ2) is 9.16. The van der Waals surface area contributed by atoms with Gasteiger partial charge in [0, 0.05) is 45.8 Å². The van der Waals surface area contributed by atoms with E-state index in [0.29, 0.717) is 17.0 Å². The highest BCUT2D eigenvalue weighted by atomic mass is 19.3. The standard InChI is InChI=1S/C23H30F4N6O3/c1-32(2)16-8-17-30-15(18(28)13-4-6-22(24,25)7-5-13)10-33(17)31-14(16)9-21(20(35)36-3)11-23(26,27)12-29-19(21)34/h8,10,13,18H,4-7,9,11-12,28H2,1-3H3,(H,29,34)/t18-,21-/m0/s1. The van der Waals surface area contributed by atoms with Crippen LogP contribution in [0.4, 0.5) is 23.2 Å². The zero-order valence-corrected chi connectivity index (χ0v) is 20.4. The van der Waals surface area contributed by atoms with Crippen molar-refractivity contribution in [3.05, 3.63) is 23.7 Å². The molecule has 0 unspecified atom stereocenters. The summed E-state index contributed by atoms with van der Waals surface area (Å²) in [4.78, 5) is 31.7. The lowest BCUT2D eigenvalue weighted by Crippen LogP contribution is -2.59. The molecule has 0 spiro atoms. The lowest BCUT2D eigenvalue weighted by atomic mass is 9.74. The minimum absolute atomic E-state index is 0.168. The van der Waals surface area contributed by atoms with Gasteiger partial charge in [0.2, 0.25) is 11.8 Å². The number of alkyl halides is 4. The monoisotopic (exact) mass is 514 g/mol. The Labute approximate surface area is 205 Å². The van der Waals surface area contributed by atoms with Crippen molar-refractivity contribution < 1.29 is 31.9 Å². The molecule has 2 atom stereocenters.